The van der Waals surface area contributed by atoms with Gasteiger partial charge in [0, 0.05) is 18.0 Å². The standard InChI is InChI=1S/C20H16F4N2O4/c1-29-16-5-3-13(10-15(16)21)30-17-8-11(20(22,23)24)2-4-14(17)19(28)26-12-6-7-25-18(27)9-12/h2-10,18,25,27H,1H3,(H,26,28). The van der Waals surface area contributed by atoms with Crippen molar-refractivity contribution in [3.8, 4) is 17.2 Å². The minimum Gasteiger partial charge on any atom is -0.494 e. The predicted octanol–water partition coefficient (Wildman–Crippen LogP) is 3.69. The van der Waals surface area contributed by atoms with Gasteiger partial charge in [0.15, 0.2) is 11.6 Å². The Hall–Kier alpha value is -3.53. The molecule has 1 atom stereocenters. The van der Waals surface area contributed by atoms with Gasteiger partial charge in [-0.2, -0.15) is 13.2 Å². The van der Waals surface area contributed by atoms with Crippen molar-refractivity contribution in [3.63, 3.8) is 0 Å². The Labute approximate surface area is 168 Å². The lowest BCUT2D eigenvalue weighted by atomic mass is 10.1. The number of methoxy groups -OCH3 is 1. The molecular weight excluding hydrogens is 408 g/mol. The van der Waals surface area contributed by atoms with E-state index in [0.29, 0.717) is 6.07 Å². The molecule has 10 heteroatoms. The molecule has 1 aliphatic rings. The summed E-state index contributed by atoms with van der Waals surface area (Å²) in [5.74, 6) is -2.19. The van der Waals surface area contributed by atoms with Crippen molar-refractivity contribution in [2.75, 3.05) is 7.11 Å². The molecular formula is C20H16F4N2O4. The molecule has 0 fully saturated rings. The molecule has 2 aromatic rings. The van der Waals surface area contributed by atoms with Crippen LogP contribution in [0.1, 0.15) is 15.9 Å². The minimum absolute atomic E-state index is 0.0763. The Morgan fingerprint density at radius 2 is 1.93 bits per heavy atom. The highest BCUT2D eigenvalue weighted by Crippen LogP contribution is 2.35. The summed E-state index contributed by atoms with van der Waals surface area (Å²) in [6, 6.07) is 5.79. The van der Waals surface area contributed by atoms with E-state index in [4.69, 9.17) is 9.47 Å². The number of allylic oxidation sites excluding steroid dienone is 1. The minimum atomic E-state index is -4.68. The maximum absolute atomic E-state index is 13.9. The second-order valence-electron chi connectivity index (χ2n) is 6.13. The molecule has 0 saturated heterocycles. The number of hydrogen-bond donors (Lipinski definition) is 3. The first kappa shape index (κ1) is 21.2. The summed E-state index contributed by atoms with van der Waals surface area (Å²) < 4.78 is 63.5. The second-order valence-corrected chi connectivity index (χ2v) is 6.13. The van der Waals surface area contributed by atoms with Gasteiger partial charge in [0.05, 0.1) is 18.2 Å². The SMILES string of the molecule is COc1ccc(Oc2cc(C(F)(F)F)ccc2C(=O)NC2=CC(O)NC=C2)cc1F. The number of benzene rings is 2. The summed E-state index contributed by atoms with van der Waals surface area (Å²) in [4.78, 5) is 12.6. The zero-order valence-electron chi connectivity index (χ0n) is 15.5. The molecule has 0 aliphatic carbocycles. The van der Waals surface area contributed by atoms with Crippen molar-refractivity contribution in [1.29, 1.82) is 0 Å². The third kappa shape index (κ3) is 4.90. The molecule has 3 rings (SSSR count). The zero-order chi connectivity index (χ0) is 21.9. The second kappa shape index (κ2) is 8.46. The van der Waals surface area contributed by atoms with Crippen molar-refractivity contribution in [2.45, 2.75) is 12.4 Å². The lowest BCUT2D eigenvalue weighted by Crippen LogP contribution is -2.30. The maximum Gasteiger partial charge on any atom is 0.416 e. The first-order valence-corrected chi connectivity index (χ1v) is 8.54. The van der Waals surface area contributed by atoms with Crippen LogP contribution >= 0.6 is 0 Å². The largest absolute Gasteiger partial charge is 0.494 e. The number of nitrogens with one attached hydrogen (secondary N) is 2. The van der Waals surface area contributed by atoms with E-state index in [2.05, 4.69) is 10.6 Å². The number of amides is 1. The quantitative estimate of drug-likeness (QED) is 0.638. The highest BCUT2D eigenvalue weighted by molar-refractivity contribution is 5.98. The molecule has 3 N–H and O–H groups in total. The highest BCUT2D eigenvalue weighted by atomic mass is 19.4. The van der Waals surface area contributed by atoms with Gasteiger partial charge >= 0.3 is 6.18 Å². The van der Waals surface area contributed by atoms with E-state index >= 15 is 0 Å². The van der Waals surface area contributed by atoms with E-state index in [9.17, 15) is 27.5 Å². The number of hydrogen-bond acceptors (Lipinski definition) is 5. The Bertz CT molecular complexity index is 1020. The number of ether oxygens (including phenoxy) is 2. The van der Waals surface area contributed by atoms with Gasteiger partial charge in [-0.1, -0.05) is 0 Å². The fourth-order valence-corrected chi connectivity index (χ4v) is 2.60. The Kier molecular flexibility index (Phi) is 5.97. The van der Waals surface area contributed by atoms with Crippen molar-refractivity contribution >= 4 is 5.91 Å². The van der Waals surface area contributed by atoms with Gasteiger partial charge in [-0.15, -0.1) is 0 Å². The highest BCUT2D eigenvalue weighted by Gasteiger charge is 2.32. The van der Waals surface area contributed by atoms with Crippen molar-refractivity contribution in [3.05, 3.63) is 77.4 Å². The molecule has 1 amide bonds. The van der Waals surface area contributed by atoms with Gasteiger partial charge < -0.3 is 25.2 Å². The van der Waals surface area contributed by atoms with Gasteiger partial charge in [0.2, 0.25) is 0 Å². The molecule has 0 radical (unpaired) electrons. The average Bonchev–Trinajstić information content (AvgIpc) is 2.67. The number of aliphatic hydroxyl groups excluding tert-OH is 1. The molecule has 1 heterocycles. The molecule has 1 unspecified atom stereocenters. The Balaban J connectivity index is 1.95. The van der Waals surface area contributed by atoms with Crippen LogP contribution in [0.5, 0.6) is 17.2 Å². The molecule has 6 nitrogen and oxygen atoms in total. The first-order valence-electron chi connectivity index (χ1n) is 8.54. The predicted molar refractivity (Wildman–Crippen MR) is 98.3 cm³/mol. The zero-order valence-corrected chi connectivity index (χ0v) is 15.5. The number of aliphatic hydroxyl groups is 1. The fraction of sp³-hybridized carbons (Fsp3) is 0.150. The van der Waals surface area contributed by atoms with E-state index < -0.39 is 35.4 Å². The molecule has 2 aromatic carbocycles. The summed E-state index contributed by atoms with van der Waals surface area (Å²) in [7, 11) is 1.26. The van der Waals surface area contributed by atoms with Crippen molar-refractivity contribution in [2.24, 2.45) is 0 Å². The summed E-state index contributed by atoms with van der Waals surface area (Å²) in [6.45, 7) is 0. The third-order valence-corrected chi connectivity index (χ3v) is 4.03. The number of carbonyl (C=O) groups excluding carboxylic acids is 1. The molecule has 30 heavy (non-hydrogen) atoms. The summed E-state index contributed by atoms with van der Waals surface area (Å²) in [5, 5.41) is 14.5. The smallest absolute Gasteiger partial charge is 0.416 e. The number of halogens is 4. The molecule has 1 aliphatic heterocycles. The van der Waals surface area contributed by atoms with Gasteiger partial charge in [-0.3, -0.25) is 4.79 Å². The molecule has 158 valence electrons. The Morgan fingerprint density at radius 3 is 2.57 bits per heavy atom. The van der Waals surface area contributed by atoms with E-state index in [0.717, 1.165) is 18.2 Å². The van der Waals surface area contributed by atoms with Gasteiger partial charge in [0.1, 0.15) is 17.7 Å². The first-order chi connectivity index (χ1) is 14.2. The number of dihydropyridines is 1. The third-order valence-electron chi connectivity index (χ3n) is 4.03. The van der Waals surface area contributed by atoms with Crippen molar-refractivity contribution < 1.29 is 36.9 Å². The summed E-state index contributed by atoms with van der Waals surface area (Å²) >= 11 is 0. The molecule has 0 saturated carbocycles. The Morgan fingerprint density at radius 1 is 1.17 bits per heavy atom. The molecule has 0 spiro atoms. The van der Waals surface area contributed by atoms with Gasteiger partial charge in [-0.05, 0) is 42.5 Å². The van der Waals surface area contributed by atoms with Gasteiger partial charge in [0.25, 0.3) is 5.91 Å². The summed E-state index contributed by atoms with van der Waals surface area (Å²) in [5.41, 5.74) is -1.03. The van der Waals surface area contributed by atoms with Crippen LogP contribution in [0, 0.1) is 5.82 Å². The van der Waals surface area contributed by atoms with Crippen LogP contribution in [0.25, 0.3) is 0 Å². The maximum atomic E-state index is 13.9. The lowest BCUT2D eigenvalue weighted by molar-refractivity contribution is -0.137. The van der Waals surface area contributed by atoms with Crippen LogP contribution in [0.4, 0.5) is 17.6 Å². The van der Waals surface area contributed by atoms with E-state index in [1.54, 1.807) is 0 Å². The molecule has 0 aromatic heterocycles. The summed E-state index contributed by atoms with van der Waals surface area (Å²) in [6.07, 6.45) is -1.57. The van der Waals surface area contributed by atoms with E-state index in [1.165, 1.54) is 37.6 Å². The molecule has 0 bridgehead atoms. The van der Waals surface area contributed by atoms with Crippen molar-refractivity contribution in [1.82, 2.24) is 10.6 Å². The van der Waals surface area contributed by atoms with Gasteiger partial charge in [-0.25, -0.2) is 4.39 Å². The van der Waals surface area contributed by atoms with E-state index in [1.807, 2.05) is 0 Å². The van der Waals surface area contributed by atoms with Crippen LogP contribution in [0.15, 0.2) is 60.4 Å². The fourth-order valence-electron chi connectivity index (χ4n) is 2.60. The number of rotatable bonds is 5. The lowest BCUT2D eigenvalue weighted by Gasteiger charge is -2.17. The monoisotopic (exact) mass is 424 g/mol. The van der Waals surface area contributed by atoms with Crippen LogP contribution in [-0.4, -0.2) is 24.4 Å². The van der Waals surface area contributed by atoms with E-state index in [-0.39, 0.29) is 22.8 Å². The number of alkyl halides is 3. The van der Waals surface area contributed by atoms with Crippen LogP contribution < -0.4 is 20.1 Å². The number of carbonyl (C=O) groups is 1. The topological polar surface area (TPSA) is 79.8 Å². The van der Waals surface area contributed by atoms with Crippen LogP contribution in [0.2, 0.25) is 0 Å². The van der Waals surface area contributed by atoms with Crippen LogP contribution in [0.3, 0.4) is 0 Å². The average molecular weight is 424 g/mol. The van der Waals surface area contributed by atoms with Crippen LogP contribution in [-0.2, 0) is 6.18 Å². The normalized spacial score (nSPS) is 15.8.